The van der Waals surface area contributed by atoms with Gasteiger partial charge in [0.1, 0.15) is 5.75 Å². The molecule has 5 rings (SSSR count). The van der Waals surface area contributed by atoms with E-state index in [0.717, 1.165) is 33.4 Å². The van der Waals surface area contributed by atoms with E-state index < -0.39 is 18.0 Å². The number of hydrogen-bond acceptors (Lipinski definition) is 4. The van der Waals surface area contributed by atoms with Crippen LogP contribution in [0.4, 0.5) is 10.5 Å². The van der Waals surface area contributed by atoms with Crippen LogP contribution >= 0.6 is 0 Å². The highest BCUT2D eigenvalue weighted by Crippen LogP contribution is 2.30. The number of carboxylic acids is 1. The van der Waals surface area contributed by atoms with Gasteiger partial charge in [-0.15, -0.1) is 0 Å². The summed E-state index contributed by atoms with van der Waals surface area (Å²) in [6, 6.07) is 40.7. The summed E-state index contributed by atoms with van der Waals surface area (Å²) >= 11 is 0. The summed E-state index contributed by atoms with van der Waals surface area (Å²) < 4.78 is 5.63. The van der Waals surface area contributed by atoms with Crippen molar-refractivity contribution in [3.05, 3.63) is 144 Å². The zero-order chi connectivity index (χ0) is 30.0. The predicted octanol–water partition coefficient (Wildman–Crippen LogP) is 7.43. The third kappa shape index (κ3) is 7.95. The van der Waals surface area contributed by atoms with E-state index in [-0.39, 0.29) is 13.0 Å². The molecule has 0 heterocycles. The van der Waals surface area contributed by atoms with Crippen molar-refractivity contribution in [2.45, 2.75) is 12.8 Å². The van der Waals surface area contributed by atoms with Crippen LogP contribution in [0.3, 0.4) is 0 Å². The molecule has 0 spiro atoms. The van der Waals surface area contributed by atoms with Crippen LogP contribution in [0, 0.1) is 0 Å². The number of nitrogens with one attached hydrogen (secondary N) is 2. The molecule has 0 aliphatic carbocycles. The van der Waals surface area contributed by atoms with Gasteiger partial charge in [0.15, 0.2) is 0 Å². The van der Waals surface area contributed by atoms with Crippen LogP contribution in [0.5, 0.6) is 5.75 Å². The third-order valence-electron chi connectivity index (χ3n) is 6.85. The Hall–Kier alpha value is -5.69. The lowest BCUT2D eigenvalue weighted by atomic mass is 9.94. The van der Waals surface area contributed by atoms with Gasteiger partial charge < -0.3 is 15.2 Å². The monoisotopic (exact) mass is 570 g/mol. The maximum Gasteiger partial charge on any atom is 0.417 e. The number of rotatable bonds is 10. The molecule has 0 unspecified atom stereocenters. The molecule has 0 atom stereocenters. The highest BCUT2D eigenvalue weighted by atomic mass is 16.6. The Bertz CT molecular complexity index is 1700. The van der Waals surface area contributed by atoms with Gasteiger partial charge in [-0.2, -0.15) is 0 Å². The maximum atomic E-state index is 12.7. The second-order valence-corrected chi connectivity index (χ2v) is 9.92. The van der Waals surface area contributed by atoms with Crippen LogP contribution in [0.2, 0.25) is 0 Å². The van der Waals surface area contributed by atoms with E-state index >= 15 is 0 Å². The van der Waals surface area contributed by atoms with Crippen LogP contribution in [0.15, 0.2) is 127 Å². The lowest BCUT2D eigenvalue weighted by molar-refractivity contribution is -0.136. The van der Waals surface area contributed by atoms with E-state index in [2.05, 4.69) is 59.2 Å². The van der Waals surface area contributed by atoms with Crippen molar-refractivity contribution in [3.8, 4) is 28.0 Å². The van der Waals surface area contributed by atoms with E-state index in [0.29, 0.717) is 23.4 Å². The molecule has 43 heavy (non-hydrogen) atoms. The normalized spacial score (nSPS) is 10.5. The molecule has 3 N–H and O–H groups in total. The summed E-state index contributed by atoms with van der Waals surface area (Å²) in [5, 5.41) is 13.9. The van der Waals surface area contributed by atoms with E-state index in [1.54, 1.807) is 30.3 Å². The van der Waals surface area contributed by atoms with Crippen molar-refractivity contribution in [3.63, 3.8) is 0 Å². The zero-order valence-corrected chi connectivity index (χ0v) is 23.3. The molecule has 0 saturated carbocycles. The SMILES string of the molecule is O=C(O)CCNC(=O)c1ccc(NC(=O)Oc2ccc(-c3ccccc3)c(Cc3ccc(-c4ccccc4)cc3)c2)cc1. The lowest BCUT2D eigenvalue weighted by Crippen LogP contribution is -2.26. The molecule has 5 aromatic rings. The summed E-state index contributed by atoms with van der Waals surface area (Å²) in [5.74, 6) is -0.976. The highest BCUT2D eigenvalue weighted by molar-refractivity contribution is 5.95. The second-order valence-electron chi connectivity index (χ2n) is 9.92. The van der Waals surface area contributed by atoms with Crippen LogP contribution in [0.25, 0.3) is 22.3 Å². The molecule has 0 aromatic heterocycles. The summed E-state index contributed by atoms with van der Waals surface area (Å²) in [5.41, 5.74) is 7.38. The largest absolute Gasteiger partial charge is 0.481 e. The van der Waals surface area contributed by atoms with Gasteiger partial charge in [-0.1, -0.05) is 91.0 Å². The minimum Gasteiger partial charge on any atom is -0.481 e. The molecule has 5 aromatic carbocycles. The van der Waals surface area contributed by atoms with Gasteiger partial charge in [0.25, 0.3) is 5.91 Å². The summed E-state index contributed by atoms with van der Waals surface area (Å²) in [7, 11) is 0. The molecule has 7 heteroatoms. The maximum absolute atomic E-state index is 12.7. The standard InChI is InChI=1S/C36H30N2O5/c39-34(40)21-22-37-35(41)29-15-17-31(18-16-29)38-36(42)43-32-19-20-33(28-9-5-2-6-10-28)30(24-32)23-25-11-13-27(14-12-25)26-7-3-1-4-8-26/h1-20,24H,21-23H2,(H,37,41)(H,38,42)(H,39,40). The van der Waals surface area contributed by atoms with Crippen LogP contribution < -0.4 is 15.4 Å². The van der Waals surface area contributed by atoms with E-state index in [9.17, 15) is 14.4 Å². The fraction of sp³-hybridized carbons (Fsp3) is 0.0833. The molecular formula is C36H30N2O5. The van der Waals surface area contributed by atoms with Gasteiger partial charge in [0, 0.05) is 17.8 Å². The highest BCUT2D eigenvalue weighted by Gasteiger charge is 2.12. The Balaban J connectivity index is 1.28. The van der Waals surface area contributed by atoms with Gasteiger partial charge in [0.05, 0.1) is 6.42 Å². The van der Waals surface area contributed by atoms with Crippen molar-refractivity contribution in [2.24, 2.45) is 0 Å². The minimum absolute atomic E-state index is 0.0323. The van der Waals surface area contributed by atoms with Crippen molar-refractivity contribution in [2.75, 3.05) is 11.9 Å². The topological polar surface area (TPSA) is 105 Å². The quantitative estimate of drug-likeness (QED) is 0.162. The van der Waals surface area contributed by atoms with Crippen molar-refractivity contribution in [1.29, 1.82) is 0 Å². The number of anilines is 1. The molecule has 0 bridgehead atoms. The van der Waals surface area contributed by atoms with Crippen LogP contribution in [-0.4, -0.2) is 29.6 Å². The first-order valence-electron chi connectivity index (χ1n) is 13.9. The fourth-order valence-electron chi connectivity index (χ4n) is 4.69. The number of amides is 2. The minimum atomic E-state index is -0.988. The summed E-state index contributed by atoms with van der Waals surface area (Å²) in [4.78, 5) is 35.5. The Kier molecular flexibility index (Phi) is 9.24. The average molecular weight is 571 g/mol. The Morgan fingerprint density at radius 2 is 1.30 bits per heavy atom. The van der Waals surface area contributed by atoms with Crippen LogP contribution in [-0.2, 0) is 11.2 Å². The smallest absolute Gasteiger partial charge is 0.417 e. The van der Waals surface area contributed by atoms with Gasteiger partial charge >= 0.3 is 12.1 Å². The number of carbonyl (C=O) groups excluding carboxylic acids is 2. The number of carboxylic acid groups (broad SMARTS) is 1. The molecule has 0 fully saturated rings. The number of carbonyl (C=O) groups is 3. The van der Waals surface area contributed by atoms with Gasteiger partial charge in [-0.3, -0.25) is 14.9 Å². The number of aliphatic carboxylic acids is 1. The molecule has 0 aliphatic heterocycles. The van der Waals surface area contributed by atoms with Crippen molar-refractivity contribution in [1.82, 2.24) is 5.32 Å². The Labute approximate surface area is 249 Å². The third-order valence-corrected chi connectivity index (χ3v) is 6.85. The number of benzene rings is 5. The Morgan fingerprint density at radius 3 is 1.95 bits per heavy atom. The van der Waals surface area contributed by atoms with Gasteiger partial charge in [-0.25, -0.2) is 4.79 Å². The zero-order valence-electron chi connectivity index (χ0n) is 23.3. The molecule has 0 radical (unpaired) electrons. The first-order chi connectivity index (χ1) is 20.9. The van der Waals surface area contributed by atoms with E-state index in [1.807, 2.05) is 48.5 Å². The molecule has 2 amide bonds. The van der Waals surface area contributed by atoms with Crippen molar-refractivity contribution < 1.29 is 24.2 Å². The molecule has 7 nitrogen and oxygen atoms in total. The molecule has 0 saturated heterocycles. The number of ether oxygens (including phenoxy) is 1. The second kappa shape index (κ2) is 13.8. The molecule has 0 aliphatic rings. The molecular weight excluding hydrogens is 540 g/mol. The van der Waals surface area contributed by atoms with E-state index in [4.69, 9.17) is 9.84 Å². The fourth-order valence-corrected chi connectivity index (χ4v) is 4.69. The van der Waals surface area contributed by atoms with Gasteiger partial charge in [0.2, 0.25) is 0 Å². The van der Waals surface area contributed by atoms with Crippen molar-refractivity contribution >= 4 is 23.7 Å². The predicted molar refractivity (Wildman–Crippen MR) is 167 cm³/mol. The number of hydrogen-bond donors (Lipinski definition) is 3. The van der Waals surface area contributed by atoms with Gasteiger partial charge in [-0.05, 0) is 76.2 Å². The first kappa shape index (κ1) is 28.8. The lowest BCUT2D eigenvalue weighted by Gasteiger charge is -2.14. The average Bonchev–Trinajstić information content (AvgIpc) is 3.02. The Morgan fingerprint density at radius 1 is 0.674 bits per heavy atom. The summed E-state index contributed by atoms with van der Waals surface area (Å²) in [6.07, 6.45) is -0.177. The summed E-state index contributed by atoms with van der Waals surface area (Å²) in [6.45, 7) is 0.0323. The van der Waals surface area contributed by atoms with E-state index in [1.165, 1.54) is 0 Å². The molecule has 214 valence electrons. The van der Waals surface area contributed by atoms with Crippen LogP contribution in [0.1, 0.15) is 27.9 Å². The first-order valence-corrected chi connectivity index (χ1v) is 13.9.